The number of hydrogen-bond acceptors (Lipinski definition) is 3. The van der Waals surface area contributed by atoms with Gasteiger partial charge in [-0.25, -0.2) is 0 Å². The van der Waals surface area contributed by atoms with Gasteiger partial charge in [0, 0.05) is 6.04 Å². The maximum atomic E-state index is 11.8. The number of aryl methyl sites for hydroxylation is 2. The van der Waals surface area contributed by atoms with Crippen molar-refractivity contribution in [1.29, 1.82) is 0 Å². The number of hydrazine groups is 1. The zero-order valence-corrected chi connectivity index (χ0v) is 14.0. The van der Waals surface area contributed by atoms with Crippen molar-refractivity contribution in [2.45, 2.75) is 51.0 Å². The first-order valence-electron chi connectivity index (χ1n) is 8.30. The summed E-state index contributed by atoms with van der Waals surface area (Å²) in [5, 5.41) is 3.66. The second-order valence-corrected chi connectivity index (χ2v) is 6.61. The molecule has 0 radical (unpaired) electrons. The van der Waals surface area contributed by atoms with Crippen molar-refractivity contribution >= 4 is 23.2 Å². The molecule has 0 aliphatic heterocycles. The summed E-state index contributed by atoms with van der Waals surface area (Å²) in [4.78, 5) is 11.8. The molecule has 1 amide bonds. The highest BCUT2D eigenvalue weighted by Crippen LogP contribution is 2.25. The van der Waals surface area contributed by atoms with E-state index in [1.54, 1.807) is 0 Å². The van der Waals surface area contributed by atoms with Crippen molar-refractivity contribution in [2.75, 3.05) is 6.61 Å². The average molecular weight is 333 g/mol. The number of carbonyl (C=O) groups is 1. The number of benzene rings is 1. The molecule has 1 aromatic rings. The molecule has 0 unspecified atom stereocenters. The Hall–Kier alpha value is -1.82. The van der Waals surface area contributed by atoms with E-state index in [2.05, 4.69) is 22.2 Å². The van der Waals surface area contributed by atoms with Gasteiger partial charge in [0.05, 0.1) is 0 Å². The molecule has 3 rings (SSSR count). The Bertz CT molecular complexity index is 585. The van der Waals surface area contributed by atoms with Gasteiger partial charge in [-0.05, 0) is 67.6 Å². The highest BCUT2D eigenvalue weighted by atomic mass is 32.1. The van der Waals surface area contributed by atoms with Crippen LogP contribution in [-0.4, -0.2) is 23.7 Å². The van der Waals surface area contributed by atoms with Crippen LogP contribution in [0.3, 0.4) is 0 Å². The Kier molecular flexibility index (Phi) is 5.33. The third-order valence-corrected chi connectivity index (χ3v) is 4.67. The van der Waals surface area contributed by atoms with Gasteiger partial charge >= 0.3 is 0 Å². The summed E-state index contributed by atoms with van der Waals surface area (Å²) in [6.07, 6.45) is 8.19. The molecule has 1 fully saturated rings. The molecule has 6 heteroatoms. The van der Waals surface area contributed by atoms with Crippen LogP contribution in [0.25, 0.3) is 0 Å². The van der Waals surface area contributed by atoms with E-state index in [0.29, 0.717) is 11.2 Å². The van der Waals surface area contributed by atoms with E-state index >= 15 is 0 Å². The minimum Gasteiger partial charge on any atom is -0.484 e. The van der Waals surface area contributed by atoms with E-state index in [1.807, 2.05) is 12.1 Å². The Morgan fingerprint density at radius 2 is 1.91 bits per heavy atom. The van der Waals surface area contributed by atoms with Crippen molar-refractivity contribution in [2.24, 2.45) is 0 Å². The number of ether oxygens (including phenoxy) is 1. The van der Waals surface area contributed by atoms with Gasteiger partial charge in [-0.2, -0.15) is 0 Å². The number of carbonyl (C=O) groups excluding carboxylic acids is 1. The van der Waals surface area contributed by atoms with E-state index in [-0.39, 0.29) is 12.5 Å². The van der Waals surface area contributed by atoms with Crippen LogP contribution >= 0.6 is 12.2 Å². The topological polar surface area (TPSA) is 62.4 Å². The van der Waals surface area contributed by atoms with Crippen LogP contribution < -0.4 is 20.9 Å². The maximum absolute atomic E-state index is 11.8. The van der Waals surface area contributed by atoms with E-state index in [9.17, 15) is 4.79 Å². The van der Waals surface area contributed by atoms with Crippen LogP contribution in [0.4, 0.5) is 0 Å². The molecule has 3 N–H and O–H groups in total. The lowest BCUT2D eigenvalue weighted by atomic mass is 10.1. The third-order valence-electron chi connectivity index (χ3n) is 4.45. The maximum Gasteiger partial charge on any atom is 0.276 e. The van der Waals surface area contributed by atoms with Crippen molar-refractivity contribution in [1.82, 2.24) is 16.2 Å². The van der Waals surface area contributed by atoms with Gasteiger partial charge in [-0.15, -0.1) is 0 Å². The molecule has 0 spiro atoms. The molecular weight excluding hydrogens is 310 g/mol. The first-order valence-corrected chi connectivity index (χ1v) is 8.71. The molecule has 0 bridgehead atoms. The smallest absolute Gasteiger partial charge is 0.276 e. The Morgan fingerprint density at radius 1 is 1.13 bits per heavy atom. The van der Waals surface area contributed by atoms with Gasteiger partial charge in [0.15, 0.2) is 11.7 Å². The predicted molar refractivity (Wildman–Crippen MR) is 93.2 cm³/mol. The van der Waals surface area contributed by atoms with Crippen LogP contribution in [0.5, 0.6) is 5.75 Å². The predicted octanol–water partition coefficient (Wildman–Crippen LogP) is 1.99. The van der Waals surface area contributed by atoms with Crippen LogP contribution in [0, 0.1) is 0 Å². The first-order chi connectivity index (χ1) is 11.2. The van der Waals surface area contributed by atoms with Crippen molar-refractivity contribution in [3.05, 3.63) is 29.3 Å². The van der Waals surface area contributed by atoms with Gasteiger partial charge in [0.1, 0.15) is 5.75 Å². The monoisotopic (exact) mass is 333 g/mol. The van der Waals surface area contributed by atoms with E-state index in [4.69, 9.17) is 17.0 Å². The summed E-state index contributed by atoms with van der Waals surface area (Å²) in [6.45, 7) is -0.0299. The Morgan fingerprint density at radius 3 is 2.74 bits per heavy atom. The zero-order chi connectivity index (χ0) is 16.1. The SMILES string of the molecule is O=C(COc1ccc2c(c1)CCC2)NNC(=S)NC1CCCC1. The Balaban J connectivity index is 1.37. The van der Waals surface area contributed by atoms with Crippen molar-refractivity contribution in [3.63, 3.8) is 0 Å². The summed E-state index contributed by atoms with van der Waals surface area (Å²) >= 11 is 5.16. The van der Waals surface area contributed by atoms with Gasteiger partial charge in [0.2, 0.25) is 0 Å². The van der Waals surface area contributed by atoms with E-state index < -0.39 is 0 Å². The van der Waals surface area contributed by atoms with Crippen LogP contribution in [0.15, 0.2) is 18.2 Å². The number of hydrogen-bond donors (Lipinski definition) is 3. The highest BCUT2D eigenvalue weighted by Gasteiger charge is 2.16. The van der Waals surface area contributed by atoms with Gasteiger partial charge in [-0.1, -0.05) is 18.9 Å². The summed E-state index contributed by atoms with van der Waals surface area (Å²) in [6, 6.07) is 6.48. The number of fused-ring (bicyclic) bond motifs is 1. The highest BCUT2D eigenvalue weighted by molar-refractivity contribution is 7.80. The number of nitrogens with one attached hydrogen (secondary N) is 3. The molecule has 1 aromatic carbocycles. The molecule has 1 saturated carbocycles. The van der Waals surface area contributed by atoms with E-state index in [1.165, 1.54) is 30.4 Å². The lowest BCUT2D eigenvalue weighted by Crippen LogP contribution is -2.50. The minimum absolute atomic E-state index is 0.0299. The van der Waals surface area contributed by atoms with Gasteiger partial charge in [-0.3, -0.25) is 15.6 Å². The molecule has 0 saturated heterocycles. The van der Waals surface area contributed by atoms with Crippen LogP contribution in [0.1, 0.15) is 43.2 Å². The fourth-order valence-electron chi connectivity index (χ4n) is 3.24. The second-order valence-electron chi connectivity index (χ2n) is 6.20. The molecule has 5 nitrogen and oxygen atoms in total. The van der Waals surface area contributed by atoms with Crippen molar-refractivity contribution < 1.29 is 9.53 Å². The lowest BCUT2D eigenvalue weighted by molar-refractivity contribution is -0.123. The Labute approximate surface area is 142 Å². The van der Waals surface area contributed by atoms with E-state index in [0.717, 1.165) is 31.4 Å². The van der Waals surface area contributed by atoms with Gasteiger partial charge < -0.3 is 10.1 Å². The summed E-state index contributed by atoms with van der Waals surface area (Å²) in [5.74, 6) is 0.494. The number of thiocarbonyl (C=S) groups is 1. The number of amides is 1. The minimum atomic E-state index is -0.249. The molecule has 124 valence electrons. The van der Waals surface area contributed by atoms with Crippen LogP contribution in [-0.2, 0) is 17.6 Å². The third kappa shape index (κ3) is 4.58. The van der Waals surface area contributed by atoms with Crippen molar-refractivity contribution in [3.8, 4) is 5.75 Å². The zero-order valence-electron chi connectivity index (χ0n) is 13.2. The van der Waals surface area contributed by atoms with Gasteiger partial charge in [0.25, 0.3) is 5.91 Å². The molecule has 0 atom stereocenters. The summed E-state index contributed by atoms with van der Waals surface area (Å²) in [5.41, 5.74) is 8.02. The quantitative estimate of drug-likeness (QED) is 0.581. The fourth-order valence-corrected chi connectivity index (χ4v) is 3.46. The molecule has 23 heavy (non-hydrogen) atoms. The molecule has 2 aliphatic carbocycles. The first kappa shape index (κ1) is 16.1. The fraction of sp³-hybridized carbons (Fsp3) is 0.529. The lowest BCUT2D eigenvalue weighted by Gasteiger charge is -2.16. The second kappa shape index (κ2) is 7.64. The number of rotatable bonds is 4. The molecule has 2 aliphatic rings. The summed E-state index contributed by atoms with van der Waals surface area (Å²) < 4.78 is 5.54. The van der Waals surface area contributed by atoms with Crippen LogP contribution in [0.2, 0.25) is 0 Å². The molecule has 0 heterocycles. The average Bonchev–Trinajstić information content (AvgIpc) is 3.21. The standard InChI is InChI=1S/C17H23N3O2S/c21-16(19-20-17(23)18-14-6-1-2-7-14)11-22-15-9-8-12-4-3-5-13(12)10-15/h8-10,14H,1-7,11H2,(H,19,21)(H2,18,20,23). The molecule has 0 aromatic heterocycles. The summed E-state index contributed by atoms with van der Waals surface area (Å²) in [7, 11) is 0. The molecular formula is C17H23N3O2S. The largest absolute Gasteiger partial charge is 0.484 e. The normalized spacial score (nSPS) is 16.7.